The number of nitrogens with one attached hydrogen (secondary N) is 2. The molecule has 1 saturated heterocycles. The Bertz CT molecular complexity index is 250. The highest BCUT2D eigenvalue weighted by Crippen LogP contribution is 2.13. The van der Waals surface area contributed by atoms with Crippen LogP contribution < -0.4 is 16.4 Å². The Kier molecular flexibility index (Phi) is 7.03. The molecule has 0 bridgehead atoms. The van der Waals surface area contributed by atoms with Crippen molar-refractivity contribution in [3.8, 4) is 0 Å². The number of hydrogen-bond acceptors (Lipinski definition) is 4. The lowest BCUT2D eigenvalue weighted by Crippen LogP contribution is -2.43. The summed E-state index contributed by atoms with van der Waals surface area (Å²) in [6.07, 6.45) is 1.03. The van der Waals surface area contributed by atoms with E-state index in [1.165, 1.54) is 7.05 Å². The highest BCUT2D eigenvalue weighted by atomic mass is 35.5. The zero-order chi connectivity index (χ0) is 11.3. The maximum atomic E-state index is 11.3. The summed E-state index contributed by atoms with van der Waals surface area (Å²) < 4.78 is 0. The third-order valence-electron chi connectivity index (χ3n) is 2.55. The number of nitrogens with two attached hydrogens (primary N) is 1. The van der Waals surface area contributed by atoms with Crippen LogP contribution in [0.1, 0.15) is 6.42 Å². The van der Waals surface area contributed by atoms with Crippen molar-refractivity contribution in [1.29, 1.82) is 0 Å². The molecule has 0 aromatic heterocycles. The lowest BCUT2D eigenvalue weighted by molar-refractivity contribution is -0.120. The topological polar surface area (TPSA) is 87.5 Å². The number of carbonyl (C=O) groups is 2. The SMILES string of the molecule is CNC(=O)NC(=O)CN1CCC(CN)C1.Cl. The van der Waals surface area contributed by atoms with E-state index in [0.717, 1.165) is 19.5 Å². The van der Waals surface area contributed by atoms with E-state index >= 15 is 0 Å². The normalized spacial score (nSPS) is 20.0. The van der Waals surface area contributed by atoms with Gasteiger partial charge in [0.1, 0.15) is 0 Å². The number of imide groups is 1. The molecule has 4 N–H and O–H groups in total. The first-order valence-electron chi connectivity index (χ1n) is 5.09. The summed E-state index contributed by atoms with van der Waals surface area (Å²) in [6, 6.07) is -0.463. The molecule has 1 fully saturated rings. The van der Waals surface area contributed by atoms with E-state index < -0.39 is 6.03 Å². The van der Waals surface area contributed by atoms with Crippen LogP contribution in [0.25, 0.3) is 0 Å². The van der Waals surface area contributed by atoms with Gasteiger partial charge in [-0.05, 0) is 25.4 Å². The summed E-state index contributed by atoms with van der Waals surface area (Å²) in [6.45, 7) is 2.65. The second-order valence-corrected chi connectivity index (χ2v) is 3.75. The molecule has 1 heterocycles. The second-order valence-electron chi connectivity index (χ2n) is 3.75. The van der Waals surface area contributed by atoms with Gasteiger partial charge in [-0.15, -0.1) is 12.4 Å². The second kappa shape index (κ2) is 7.43. The molecule has 1 aliphatic heterocycles. The molecule has 1 atom stereocenters. The zero-order valence-corrected chi connectivity index (χ0v) is 10.2. The highest BCUT2D eigenvalue weighted by molar-refractivity contribution is 5.95. The number of urea groups is 1. The average Bonchev–Trinajstić information content (AvgIpc) is 2.65. The van der Waals surface area contributed by atoms with E-state index in [4.69, 9.17) is 5.73 Å². The Morgan fingerprint density at radius 2 is 2.19 bits per heavy atom. The summed E-state index contributed by atoms with van der Waals surface area (Å²) in [5.41, 5.74) is 5.54. The zero-order valence-electron chi connectivity index (χ0n) is 9.36. The van der Waals surface area contributed by atoms with Crippen molar-refractivity contribution < 1.29 is 9.59 Å². The maximum absolute atomic E-state index is 11.3. The van der Waals surface area contributed by atoms with Crippen molar-refractivity contribution in [3.63, 3.8) is 0 Å². The summed E-state index contributed by atoms with van der Waals surface area (Å²) in [5.74, 6) is 0.213. The van der Waals surface area contributed by atoms with Crippen LogP contribution in [0, 0.1) is 5.92 Å². The number of carbonyl (C=O) groups excluding carboxylic acids is 2. The van der Waals surface area contributed by atoms with E-state index in [1.54, 1.807) is 0 Å². The Labute approximate surface area is 101 Å². The van der Waals surface area contributed by atoms with Gasteiger partial charge in [-0.1, -0.05) is 0 Å². The largest absolute Gasteiger partial charge is 0.341 e. The number of likely N-dealkylation sites (tertiary alicyclic amines) is 1. The average molecular weight is 251 g/mol. The highest BCUT2D eigenvalue weighted by Gasteiger charge is 2.23. The van der Waals surface area contributed by atoms with Gasteiger partial charge >= 0.3 is 6.03 Å². The minimum atomic E-state index is -0.463. The van der Waals surface area contributed by atoms with Crippen molar-refractivity contribution in [1.82, 2.24) is 15.5 Å². The molecular formula is C9H19ClN4O2. The summed E-state index contributed by atoms with van der Waals surface area (Å²) in [4.78, 5) is 24.2. The van der Waals surface area contributed by atoms with Crippen LogP contribution in [0.5, 0.6) is 0 Å². The molecule has 1 rings (SSSR count). The predicted octanol–water partition coefficient (Wildman–Crippen LogP) is -0.856. The fourth-order valence-electron chi connectivity index (χ4n) is 1.68. The van der Waals surface area contributed by atoms with Crippen LogP contribution in [0.15, 0.2) is 0 Å². The van der Waals surface area contributed by atoms with E-state index in [0.29, 0.717) is 12.5 Å². The molecule has 0 aromatic carbocycles. The molecule has 94 valence electrons. The van der Waals surface area contributed by atoms with E-state index in [2.05, 4.69) is 10.6 Å². The molecular weight excluding hydrogens is 232 g/mol. The fourth-order valence-corrected chi connectivity index (χ4v) is 1.68. The Morgan fingerprint density at radius 3 is 2.69 bits per heavy atom. The van der Waals surface area contributed by atoms with Crippen LogP contribution in [0.3, 0.4) is 0 Å². The number of hydrogen-bond donors (Lipinski definition) is 3. The standard InChI is InChI=1S/C9H18N4O2.ClH/c1-11-9(15)12-8(14)6-13-3-2-7(4-10)5-13;/h7H,2-6,10H2,1H3,(H2,11,12,14,15);1H. The summed E-state index contributed by atoms with van der Waals surface area (Å²) in [7, 11) is 1.48. The van der Waals surface area contributed by atoms with Crippen LogP contribution in [-0.4, -0.2) is 50.1 Å². The molecule has 0 radical (unpaired) electrons. The van der Waals surface area contributed by atoms with Crippen molar-refractivity contribution >= 4 is 24.3 Å². The van der Waals surface area contributed by atoms with E-state index in [-0.39, 0.29) is 24.9 Å². The van der Waals surface area contributed by atoms with Crippen LogP contribution in [-0.2, 0) is 4.79 Å². The Balaban J connectivity index is 0.00000225. The first kappa shape index (κ1) is 15.2. The minimum absolute atomic E-state index is 0. The molecule has 7 heteroatoms. The fraction of sp³-hybridized carbons (Fsp3) is 0.778. The third-order valence-corrected chi connectivity index (χ3v) is 2.55. The molecule has 0 aliphatic carbocycles. The van der Waals surface area contributed by atoms with Crippen LogP contribution in [0.4, 0.5) is 4.79 Å². The van der Waals surface area contributed by atoms with Crippen LogP contribution >= 0.6 is 12.4 Å². The molecule has 0 saturated carbocycles. The molecule has 6 nitrogen and oxygen atoms in total. The lowest BCUT2D eigenvalue weighted by Gasteiger charge is -2.14. The number of rotatable bonds is 3. The van der Waals surface area contributed by atoms with Gasteiger partial charge in [0.15, 0.2) is 0 Å². The maximum Gasteiger partial charge on any atom is 0.321 e. The quantitative estimate of drug-likeness (QED) is 0.609. The monoisotopic (exact) mass is 250 g/mol. The van der Waals surface area contributed by atoms with Gasteiger partial charge in [-0.2, -0.15) is 0 Å². The molecule has 0 aromatic rings. The first-order chi connectivity index (χ1) is 7.15. The van der Waals surface area contributed by atoms with Gasteiger partial charge in [0.2, 0.25) is 5.91 Å². The van der Waals surface area contributed by atoms with Gasteiger partial charge in [0.25, 0.3) is 0 Å². The number of halogens is 1. The summed E-state index contributed by atoms with van der Waals surface area (Å²) in [5, 5.41) is 4.56. The van der Waals surface area contributed by atoms with Crippen molar-refractivity contribution in [2.75, 3.05) is 33.2 Å². The lowest BCUT2D eigenvalue weighted by atomic mass is 10.1. The van der Waals surface area contributed by atoms with Crippen molar-refractivity contribution in [2.24, 2.45) is 11.7 Å². The van der Waals surface area contributed by atoms with Gasteiger partial charge < -0.3 is 11.1 Å². The van der Waals surface area contributed by atoms with Gasteiger partial charge in [0, 0.05) is 13.6 Å². The molecule has 16 heavy (non-hydrogen) atoms. The Hall–Kier alpha value is -0.850. The number of nitrogens with zero attached hydrogens (tertiary/aromatic N) is 1. The van der Waals surface area contributed by atoms with Gasteiger partial charge in [0.05, 0.1) is 6.54 Å². The van der Waals surface area contributed by atoms with Gasteiger partial charge in [-0.3, -0.25) is 15.0 Å². The van der Waals surface area contributed by atoms with Crippen molar-refractivity contribution in [2.45, 2.75) is 6.42 Å². The molecule has 0 spiro atoms. The minimum Gasteiger partial charge on any atom is -0.341 e. The number of amides is 3. The van der Waals surface area contributed by atoms with E-state index in [9.17, 15) is 9.59 Å². The van der Waals surface area contributed by atoms with Gasteiger partial charge in [-0.25, -0.2) is 4.79 Å². The van der Waals surface area contributed by atoms with Crippen LogP contribution in [0.2, 0.25) is 0 Å². The first-order valence-corrected chi connectivity index (χ1v) is 5.09. The molecule has 3 amide bonds. The van der Waals surface area contributed by atoms with Crippen molar-refractivity contribution in [3.05, 3.63) is 0 Å². The smallest absolute Gasteiger partial charge is 0.321 e. The molecule has 1 unspecified atom stereocenters. The predicted molar refractivity (Wildman–Crippen MR) is 63.4 cm³/mol. The third kappa shape index (κ3) is 4.78. The Morgan fingerprint density at radius 1 is 1.50 bits per heavy atom. The van der Waals surface area contributed by atoms with E-state index in [1.807, 2.05) is 4.90 Å². The summed E-state index contributed by atoms with van der Waals surface area (Å²) >= 11 is 0. The molecule has 1 aliphatic rings.